The number of nitrogens with zero attached hydrogens (tertiary/aromatic N) is 1. The summed E-state index contributed by atoms with van der Waals surface area (Å²) in [4.78, 5) is 50.1. The fraction of sp³-hybridized carbons (Fsp3) is 0.400. The molecule has 3 aliphatic rings. The molecule has 2 bridgehead atoms. The summed E-state index contributed by atoms with van der Waals surface area (Å²) >= 11 is 0. The molecular formula is C20H16F3NO7. The van der Waals surface area contributed by atoms with E-state index in [0.29, 0.717) is 11.0 Å². The molecule has 11 heteroatoms. The molecule has 0 spiro atoms. The van der Waals surface area contributed by atoms with E-state index >= 15 is 0 Å². The van der Waals surface area contributed by atoms with Gasteiger partial charge in [0.2, 0.25) is 11.8 Å². The van der Waals surface area contributed by atoms with Gasteiger partial charge in [-0.1, -0.05) is 12.1 Å². The zero-order chi connectivity index (χ0) is 22.7. The Morgan fingerprint density at radius 3 is 2.35 bits per heavy atom. The lowest BCUT2D eigenvalue weighted by Crippen LogP contribution is -2.52. The first-order valence-electron chi connectivity index (χ1n) is 9.22. The number of carbonyl (C=O) groups excluding carboxylic acids is 4. The molecule has 3 aliphatic heterocycles. The molecule has 0 unspecified atom stereocenters. The second-order valence-corrected chi connectivity index (χ2v) is 7.41. The van der Waals surface area contributed by atoms with Crippen molar-refractivity contribution in [2.45, 2.75) is 38.0 Å². The fourth-order valence-electron chi connectivity index (χ4n) is 4.29. The molecule has 2 fully saturated rings. The molecule has 4 rings (SSSR count). The minimum Gasteiger partial charge on any atom is -0.422 e. The molecule has 8 nitrogen and oxygen atoms in total. The number of carbonyl (C=O) groups is 4. The topological polar surface area (TPSA) is 99.2 Å². The van der Waals surface area contributed by atoms with Gasteiger partial charge in [-0.2, -0.15) is 13.2 Å². The number of alkyl halides is 3. The quantitative estimate of drug-likeness (QED) is 0.306. The van der Waals surface area contributed by atoms with Gasteiger partial charge in [-0.25, -0.2) is 4.90 Å². The molecule has 31 heavy (non-hydrogen) atoms. The molecule has 1 aromatic carbocycles. The Morgan fingerprint density at radius 2 is 1.77 bits per heavy atom. The van der Waals surface area contributed by atoms with Crippen molar-refractivity contribution in [2.75, 3.05) is 4.90 Å². The van der Waals surface area contributed by atoms with Gasteiger partial charge in [-0.15, -0.1) is 0 Å². The number of imide groups is 1. The molecule has 0 aliphatic carbocycles. The summed E-state index contributed by atoms with van der Waals surface area (Å²) in [6.07, 6.45) is -4.36. The highest BCUT2D eigenvalue weighted by Gasteiger charge is 2.72. The van der Waals surface area contributed by atoms with Crippen molar-refractivity contribution in [1.29, 1.82) is 0 Å². The number of halogens is 3. The zero-order valence-corrected chi connectivity index (χ0v) is 16.2. The summed E-state index contributed by atoms with van der Waals surface area (Å²) in [6.45, 7) is 2.12. The van der Waals surface area contributed by atoms with Crippen LogP contribution in [0.1, 0.15) is 19.4 Å². The number of anilines is 1. The third-order valence-electron chi connectivity index (χ3n) is 5.42. The van der Waals surface area contributed by atoms with E-state index in [2.05, 4.69) is 0 Å². The van der Waals surface area contributed by atoms with Crippen molar-refractivity contribution in [3.63, 3.8) is 0 Å². The molecule has 1 aromatic rings. The van der Waals surface area contributed by atoms with Crippen LogP contribution in [0.4, 0.5) is 18.9 Å². The number of fused-ring (bicyclic) bond motifs is 5. The SMILES string of the molecule is CC(=O)OC(OC(C)=O)[C@@]12C=C[C@H](O1)[C@@H]1C(=O)N(c3cccc(C(F)(F)F)c3)C(=O)[C@@H]12. The van der Waals surface area contributed by atoms with Crippen molar-refractivity contribution in [3.05, 3.63) is 42.0 Å². The zero-order valence-electron chi connectivity index (χ0n) is 16.2. The summed E-state index contributed by atoms with van der Waals surface area (Å²) < 4.78 is 55.3. The molecule has 2 saturated heterocycles. The second kappa shape index (κ2) is 6.91. The molecule has 0 aromatic heterocycles. The van der Waals surface area contributed by atoms with Crippen molar-refractivity contribution in [3.8, 4) is 0 Å². The number of esters is 2. The van der Waals surface area contributed by atoms with Crippen molar-refractivity contribution >= 4 is 29.4 Å². The lowest BCUT2D eigenvalue weighted by atomic mass is 9.76. The Bertz CT molecular complexity index is 1000. The van der Waals surface area contributed by atoms with E-state index in [1.54, 1.807) is 0 Å². The van der Waals surface area contributed by atoms with Crippen LogP contribution in [0.15, 0.2) is 36.4 Å². The number of benzene rings is 1. The van der Waals surface area contributed by atoms with Gasteiger partial charge in [0.15, 0.2) is 5.60 Å². The van der Waals surface area contributed by atoms with E-state index in [9.17, 15) is 32.3 Å². The normalized spacial score (nSPS) is 29.0. The van der Waals surface area contributed by atoms with Crippen LogP contribution in [0, 0.1) is 11.8 Å². The minimum atomic E-state index is -4.67. The number of hydrogen-bond acceptors (Lipinski definition) is 7. The van der Waals surface area contributed by atoms with Gasteiger partial charge in [-0.05, 0) is 24.3 Å². The van der Waals surface area contributed by atoms with E-state index in [1.807, 2.05) is 0 Å². The molecule has 3 heterocycles. The molecule has 2 amide bonds. The van der Waals surface area contributed by atoms with Gasteiger partial charge in [0.25, 0.3) is 6.29 Å². The average Bonchev–Trinajstić information content (AvgIpc) is 3.31. The minimum absolute atomic E-state index is 0.245. The van der Waals surface area contributed by atoms with Crippen LogP contribution in [-0.4, -0.2) is 41.7 Å². The van der Waals surface area contributed by atoms with Crippen LogP contribution in [-0.2, 0) is 39.6 Å². The van der Waals surface area contributed by atoms with E-state index in [0.717, 1.165) is 26.0 Å². The number of rotatable bonds is 4. The van der Waals surface area contributed by atoms with Crippen LogP contribution < -0.4 is 4.90 Å². The molecule has 164 valence electrons. The van der Waals surface area contributed by atoms with Crippen molar-refractivity contribution in [2.24, 2.45) is 11.8 Å². The summed E-state index contributed by atoms with van der Waals surface area (Å²) in [5.74, 6) is -5.57. The largest absolute Gasteiger partial charge is 0.422 e. The average molecular weight is 439 g/mol. The predicted molar refractivity (Wildman–Crippen MR) is 95.0 cm³/mol. The lowest BCUT2D eigenvalue weighted by molar-refractivity contribution is -0.226. The van der Waals surface area contributed by atoms with E-state index in [-0.39, 0.29) is 5.69 Å². The third-order valence-corrected chi connectivity index (χ3v) is 5.42. The second-order valence-electron chi connectivity index (χ2n) is 7.41. The monoisotopic (exact) mass is 439 g/mol. The summed E-state index contributed by atoms with van der Waals surface area (Å²) in [5, 5.41) is 0. The summed E-state index contributed by atoms with van der Waals surface area (Å²) in [5.41, 5.74) is -3.03. The van der Waals surface area contributed by atoms with E-state index in [1.165, 1.54) is 18.2 Å². The van der Waals surface area contributed by atoms with Gasteiger partial charge in [0.05, 0.1) is 29.2 Å². The highest BCUT2D eigenvalue weighted by molar-refractivity contribution is 6.23. The molecule has 4 atom stereocenters. The summed E-state index contributed by atoms with van der Waals surface area (Å²) in [6, 6.07) is 3.83. The van der Waals surface area contributed by atoms with Gasteiger partial charge in [0.1, 0.15) is 0 Å². The first-order chi connectivity index (χ1) is 14.5. The smallest absolute Gasteiger partial charge is 0.416 e. The first-order valence-corrected chi connectivity index (χ1v) is 9.22. The van der Waals surface area contributed by atoms with Crippen molar-refractivity contribution < 1.29 is 46.6 Å². The summed E-state index contributed by atoms with van der Waals surface area (Å²) in [7, 11) is 0. The maximum Gasteiger partial charge on any atom is 0.416 e. The molecule has 0 radical (unpaired) electrons. The van der Waals surface area contributed by atoms with E-state index < -0.39 is 65.3 Å². The van der Waals surface area contributed by atoms with Crippen LogP contribution in [0.5, 0.6) is 0 Å². The maximum atomic E-state index is 13.3. The Hall–Kier alpha value is -3.21. The Kier molecular flexibility index (Phi) is 4.69. The Labute approximate surface area is 173 Å². The fourth-order valence-corrected chi connectivity index (χ4v) is 4.29. The standard InChI is InChI=1S/C20H16F3NO7/c1-9(25)29-18(30-10(2)26)19-7-6-13(31-19)14-15(19)17(28)24(16(14)27)12-5-3-4-11(8-12)20(21,22)23/h3-8,13-15,18H,1-2H3/t13-,14-,15+,19-/m0/s1. The van der Waals surface area contributed by atoms with Gasteiger partial charge in [-0.3, -0.25) is 19.2 Å². The third kappa shape index (κ3) is 3.19. The van der Waals surface area contributed by atoms with Gasteiger partial charge >= 0.3 is 18.1 Å². The lowest BCUT2D eigenvalue weighted by Gasteiger charge is -2.34. The van der Waals surface area contributed by atoms with Crippen LogP contribution in [0.2, 0.25) is 0 Å². The number of amides is 2. The van der Waals surface area contributed by atoms with Crippen molar-refractivity contribution in [1.82, 2.24) is 0 Å². The maximum absolute atomic E-state index is 13.3. The highest BCUT2D eigenvalue weighted by atomic mass is 19.4. The number of hydrogen-bond donors (Lipinski definition) is 0. The Balaban J connectivity index is 1.74. The van der Waals surface area contributed by atoms with Crippen LogP contribution >= 0.6 is 0 Å². The molecule has 0 N–H and O–H groups in total. The predicted octanol–water partition coefficient (Wildman–Crippen LogP) is 1.97. The first kappa shape index (κ1) is 21.0. The Morgan fingerprint density at radius 1 is 1.13 bits per heavy atom. The van der Waals surface area contributed by atoms with Crippen LogP contribution in [0.3, 0.4) is 0 Å². The van der Waals surface area contributed by atoms with Gasteiger partial charge < -0.3 is 14.2 Å². The molecule has 0 saturated carbocycles. The highest BCUT2D eigenvalue weighted by Crippen LogP contribution is 2.54. The van der Waals surface area contributed by atoms with E-state index in [4.69, 9.17) is 14.2 Å². The molecular weight excluding hydrogens is 423 g/mol. The number of ether oxygens (including phenoxy) is 3. The van der Waals surface area contributed by atoms with Gasteiger partial charge in [0, 0.05) is 13.8 Å². The van der Waals surface area contributed by atoms with Crippen LogP contribution in [0.25, 0.3) is 0 Å².